The molecule has 1 N–H and O–H groups in total. The molecule has 0 saturated carbocycles. The molecule has 0 radical (unpaired) electrons. The fraction of sp³-hybridized carbons (Fsp3) is 0.200. The zero-order valence-electron chi connectivity index (χ0n) is 14.0. The molecule has 25 heavy (non-hydrogen) atoms. The highest BCUT2D eigenvalue weighted by Crippen LogP contribution is 2.09. The summed E-state index contributed by atoms with van der Waals surface area (Å²) in [6.45, 7) is 0.957. The van der Waals surface area contributed by atoms with Crippen LogP contribution in [0.1, 0.15) is 12.0 Å². The lowest BCUT2D eigenvalue weighted by Gasteiger charge is -2.07. The van der Waals surface area contributed by atoms with Crippen LogP contribution in [0, 0.1) is 0 Å². The molecular formula is C20H21N3O2. The predicted molar refractivity (Wildman–Crippen MR) is 96.8 cm³/mol. The summed E-state index contributed by atoms with van der Waals surface area (Å²) in [7, 11) is 0. The minimum Gasteiger partial charge on any atom is -0.492 e. The van der Waals surface area contributed by atoms with Gasteiger partial charge in [0.1, 0.15) is 12.4 Å². The van der Waals surface area contributed by atoms with Gasteiger partial charge in [0.2, 0.25) is 5.91 Å². The topological polar surface area (TPSA) is 56.2 Å². The van der Waals surface area contributed by atoms with E-state index in [0.717, 1.165) is 17.0 Å². The van der Waals surface area contributed by atoms with E-state index in [4.69, 9.17) is 4.74 Å². The fourth-order valence-electron chi connectivity index (χ4n) is 2.43. The summed E-state index contributed by atoms with van der Waals surface area (Å²) >= 11 is 0. The van der Waals surface area contributed by atoms with Crippen LogP contribution < -0.4 is 10.1 Å². The first-order valence-electron chi connectivity index (χ1n) is 8.35. The van der Waals surface area contributed by atoms with Crippen LogP contribution in [0.4, 0.5) is 0 Å². The van der Waals surface area contributed by atoms with Gasteiger partial charge in [-0.3, -0.25) is 4.79 Å². The molecule has 0 saturated heterocycles. The highest BCUT2D eigenvalue weighted by atomic mass is 16.5. The van der Waals surface area contributed by atoms with Crippen molar-refractivity contribution in [1.29, 1.82) is 0 Å². The van der Waals surface area contributed by atoms with Gasteiger partial charge < -0.3 is 10.1 Å². The molecule has 0 aliphatic rings. The highest BCUT2D eigenvalue weighted by Gasteiger charge is 2.05. The SMILES string of the molecule is O=C(CCc1cnn(-c2ccccc2)c1)NCCOc1ccccc1. The third-order valence-corrected chi connectivity index (χ3v) is 3.73. The number of hydrogen-bond donors (Lipinski definition) is 1. The van der Waals surface area contributed by atoms with E-state index in [-0.39, 0.29) is 5.91 Å². The number of amides is 1. The Bertz CT molecular complexity index is 785. The number of benzene rings is 2. The molecule has 0 aliphatic heterocycles. The molecule has 5 heteroatoms. The molecule has 0 spiro atoms. The Labute approximate surface area is 147 Å². The van der Waals surface area contributed by atoms with Crippen LogP contribution in [0.5, 0.6) is 5.75 Å². The summed E-state index contributed by atoms with van der Waals surface area (Å²) in [6, 6.07) is 19.5. The molecule has 0 unspecified atom stereocenters. The zero-order valence-corrected chi connectivity index (χ0v) is 14.0. The summed E-state index contributed by atoms with van der Waals surface area (Å²) in [5.41, 5.74) is 2.05. The van der Waals surface area contributed by atoms with Gasteiger partial charge in [-0.25, -0.2) is 4.68 Å². The van der Waals surface area contributed by atoms with Crippen LogP contribution >= 0.6 is 0 Å². The number of aryl methyl sites for hydroxylation is 1. The maximum atomic E-state index is 11.9. The highest BCUT2D eigenvalue weighted by molar-refractivity contribution is 5.76. The van der Waals surface area contributed by atoms with Gasteiger partial charge in [-0.15, -0.1) is 0 Å². The average molecular weight is 335 g/mol. The van der Waals surface area contributed by atoms with Crippen molar-refractivity contribution in [2.24, 2.45) is 0 Å². The summed E-state index contributed by atoms with van der Waals surface area (Å²) < 4.78 is 7.36. The first kappa shape index (κ1) is 16.8. The van der Waals surface area contributed by atoms with E-state index >= 15 is 0 Å². The van der Waals surface area contributed by atoms with Gasteiger partial charge in [0.15, 0.2) is 0 Å². The zero-order chi connectivity index (χ0) is 17.3. The maximum absolute atomic E-state index is 11.9. The number of carbonyl (C=O) groups is 1. The Balaban J connectivity index is 1.37. The maximum Gasteiger partial charge on any atom is 0.220 e. The quantitative estimate of drug-likeness (QED) is 0.644. The Kier molecular flexibility index (Phi) is 5.82. The Morgan fingerprint density at radius 1 is 1.04 bits per heavy atom. The largest absolute Gasteiger partial charge is 0.492 e. The summed E-state index contributed by atoms with van der Waals surface area (Å²) in [5, 5.41) is 7.21. The molecule has 5 nitrogen and oxygen atoms in total. The van der Waals surface area contributed by atoms with Gasteiger partial charge in [-0.2, -0.15) is 5.10 Å². The van der Waals surface area contributed by atoms with Gasteiger partial charge in [-0.05, 0) is 36.2 Å². The van der Waals surface area contributed by atoms with Gasteiger partial charge >= 0.3 is 0 Å². The van der Waals surface area contributed by atoms with Crippen LogP contribution in [-0.4, -0.2) is 28.8 Å². The average Bonchev–Trinajstić information content (AvgIpc) is 3.14. The Morgan fingerprint density at radius 3 is 2.52 bits per heavy atom. The van der Waals surface area contributed by atoms with Gasteiger partial charge in [0, 0.05) is 12.6 Å². The van der Waals surface area contributed by atoms with E-state index in [1.54, 1.807) is 6.20 Å². The summed E-state index contributed by atoms with van der Waals surface area (Å²) in [6.07, 6.45) is 4.87. The molecule has 0 bridgehead atoms. The van der Waals surface area contributed by atoms with Gasteiger partial charge in [0.25, 0.3) is 0 Å². The van der Waals surface area contributed by atoms with Crippen LogP contribution in [0.3, 0.4) is 0 Å². The number of nitrogens with zero attached hydrogens (tertiary/aromatic N) is 2. The van der Waals surface area contributed by atoms with Crippen molar-refractivity contribution >= 4 is 5.91 Å². The Morgan fingerprint density at radius 2 is 1.76 bits per heavy atom. The molecule has 0 atom stereocenters. The monoisotopic (exact) mass is 335 g/mol. The van der Waals surface area contributed by atoms with E-state index in [0.29, 0.717) is 26.0 Å². The van der Waals surface area contributed by atoms with E-state index in [1.165, 1.54) is 0 Å². The van der Waals surface area contributed by atoms with Crippen molar-refractivity contribution in [2.75, 3.05) is 13.2 Å². The van der Waals surface area contributed by atoms with Crippen molar-refractivity contribution in [1.82, 2.24) is 15.1 Å². The van der Waals surface area contributed by atoms with Crippen LogP contribution in [-0.2, 0) is 11.2 Å². The predicted octanol–water partition coefficient (Wildman–Crippen LogP) is 3.00. The van der Waals surface area contributed by atoms with Crippen molar-refractivity contribution in [3.05, 3.63) is 78.6 Å². The number of nitrogens with one attached hydrogen (secondary N) is 1. The van der Waals surface area contributed by atoms with E-state index in [1.807, 2.05) is 71.5 Å². The third kappa shape index (κ3) is 5.21. The molecule has 2 aromatic carbocycles. The first-order valence-corrected chi connectivity index (χ1v) is 8.35. The molecule has 128 valence electrons. The summed E-state index contributed by atoms with van der Waals surface area (Å²) in [4.78, 5) is 11.9. The molecule has 1 aromatic heterocycles. The number of para-hydroxylation sites is 2. The lowest BCUT2D eigenvalue weighted by Crippen LogP contribution is -2.28. The summed E-state index contributed by atoms with van der Waals surface area (Å²) in [5.74, 6) is 0.828. The first-order chi connectivity index (χ1) is 12.3. The van der Waals surface area contributed by atoms with Crippen LogP contribution in [0.25, 0.3) is 5.69 Å². The molecule has 3 rings (SSSR count). The number of rotatable bonds is 8. The van der Waals surface area contributed by atoms with Crippen LogP contribution in [0.15, 0.2) is 73.1 Å². The molecule has 3 aromatic rings. The standard InChI is InChI=1S/C20H21N3O2/c24-20(21-13-14-25-19-9-5-2-6-10-19)12-11-17-15-22-23(16-17)18-7-3-1-4-8-18/h1-10,15-16H,11-14H2,(H,21,24). The van der Waals surface area contributed by atoms with Crippen molar-refractivity contribution in [2.45, 2.75) is 12.8 Å². The number of hydrogen-bond acceptors (Lipinski definition) is 3. The third-order valence-electron chi connectivity index (χ3n) is 3.73. The van der Waals surface area contributed by atoms with Crippen molar-refractivity contribution in [3.8, 4) is 11.4 Å². The van der Waals surface area contributed by atoms with Crippen molar-refractivity contribution < 1.29 is 9.53 Å². The van der Waals surface area contributed by atoms with Crippen LogP contribution in [0.2, 0.25) is 0 Å². The smallest absolute Gasteiger partial charge is 0.220 e. The molecule has 0 fully saturated rings. The molecule has 1 heterocycles. The lowest BCUT2D eigenvalue weighted by atomic mass is 10.2. The molecular weight excluding hydrogens is 314 g/mol. The number of ether oxygens (including phenoxy) is 1. The second-order valence-corrected chi connectivity index (χ2v) is 5.64. The number of aromatic nitrogens is 2. The molecule has 1 amide bonds. The normalized spacial score (nSPS) is 10.4. The van der Waals surface area contributed by atoms with Gasteiger partial charge in [-0.1, -0.05) is 36.4 Å². The fourth-order valence-corrected chi connectivity index (χ4v) is 2.43. The molecule has 0 aliphatic carbocycles. The number of carbonyl (C=O) groups excluding carboxylic acids is 1. The van der Waals surface area contributed by atoms with E-state index in [9.17, 15) is 4.79 Å². The minimum atomic E-state index is 0.0177. The van der Waals surface area contributed by atoms with E-state index < -0.39 is 0 Å². The Hall–Kier alpha value is -3.08. The second-order valence-electron chi connectivity index (χ2n) is 5.64. The van der Waals surface area contributed by atoms with Gasteiger partial charge in [0.05, 0.1) is 18.4 Å². The van der Waals surface area contributed by atoms with Crippen molar-refractivity contribution in [3.63, 3.8) is 0 Å². The second kappa shape index (κ2) is 8.68. The van der Waals surface area contributed by atoms with E-state index in [2.05, 4.69) is 10.4 Å². The lowest BCUT2D eigenvalue weighted by molar-refractivity contribution is -0.121. The minimum absolute atomic E-state index is 0.0177.